The molecule has 0 spiro atoms. The molecule has 0 unspecified atom stereocenters. The number of aromatic nitrogens is 4. The molecule has 0 saturated carbocycles. The molecule has 3 rings (SSSR count). The van der Waals surface area contributed by atoms with E-state index in [1.54, 1.807) is 6.20 Å². The SMILES string of the molecule is Fc1ccc(F)c(Sc2ncnc3[nH]ncc23)c1. The largest absolute Gasteiger partial charge is 0.261 e. The molecule has 0 aliphatic carbocycles. The van der Waals surface area contributed by atoms with Crippen molar-refractivity contribution >= 4 is 22.8 Å². The lowest BCUT2D eigenvalue weighted by Gasteiger charge is -2.03. The van der Waals surface area contributed by atoms with Gasteiger partial charge in [0.2, 0.25) is 0 Å². The number of nitrogens with one attached hydrogen (secondary N) is 1. The second-order valence-corrected chi connectivity index (χ2v) is 4.52. The number of rotatable bonds is 2. The second kappa shape index (κ2) is 4.34. The van der Waals surface area contributed by atoms with Crippen LogP contribution in [0, 0.1) is 11.6 Å². The molecule has 0 radical (unpaired) electrons. The highest BCUT2D eigenvalue weighted by molar-refractivity contribution is 7.99. The highest BCUT2D eigenvalue weighted by Gasteiger charge is 2.11. The zero-order valence-corrected chi connectivity index (χ0v) is 9.71. The van der Waals surface area contributed by atoms with Gasteiger partial charge < -0.3 is 0 Å². The summed E-state index contributed by atoms with van der Waals surface area (Å²) < 4.78 is 26.6. The van der Waals surface area contributed by atoms with E-state index in [1.165, 1.54) is 6.33 Å². The molecule has 0 aliphatic heterocycles. The quantitative estimate of drug-likeness (QED) is 0.723. The number of halogens is 2. The van der Waals surface area contributed by atoms with E-state index < -0.39 is 11.6 Å². The van der Waals surface area contributed by atoms with Crippen LogP contribution in [0.5, 0.6) is 0 Å². The molecule has 3 aromatic rings. The summed E-state index contributed by atoms with van der Waals surface area (Å²) in [4.78, 5) is 8.20. The molecule has 18 heavy (non-hydrogen) atoms. The number of H-pyrrole nitrogens is 1. The van der Waals surface area contributed by atoms with Crippen molar-refractivity contribution in [1.82, 2.24) is 20.2 Å². The number of nitrogens with zero attached hydrogens (tertiary/aromatic N) is 3. The Balaban J connectivity index is 2.06. The maximum absolute atomic E-state index is 13.5. The van der Waals surface area contributed by atoms with Crippen LogP contribution in [0.2, 0.25) is 0 Å². The maximum atomic E-state index is 13.5. The molecule has 7 heteroatoms. The summed E-state index contributed by atoms with van der Waals surface area (Å²) in [5.74, 6) is -0.979. The first-order valence-corrected chi connectivity index (χ1v) is 5.82. The topological polar surface area (TPSA) is 54.5 Å². The molecule has 4 nitrogen and oxygen atoms in total. The molecule has 1 N–H and O–H groups in total. The number of fused-ring (bicyclic) bond motifs is 1. The van der Waals surface area contributed by atoms with Gasteiger partial charge in [-0.1, -0.05) is 11.8 Å². The van der Waals surface area contributed by atoms with Gasteiger partial charge in [-0.25, -0.2) is 18.7 Å². The van der Waals surface area contributed by atoms with Gasteiger partial charge in [0.05, 0.1) is 16.5 Å². The Hall–Kier alpha value is -2.02. The average molecular weight is 264 g/mol. The number of benzene rings is 1. The van der Waals surface area contributed by atoms with E-state index in [9.17, 15) is 8.78 Å². The summed E-state index contributed by atoms with van der Waals surface area (Å²) >= 11 is 1.04. The van der Waals surface area contributed by atoms with Crippen LogP contribution in [0.1, 0.15) is 0 Å². The first-order valence-electron chi connectivity index (χ1n) is 5.01. The molecule has 0 saturated heterocycles. The van der Waals surface area contributed by atoms with Crippen molar-refractivity contribution in [3.63, 3.8) is 0 Å². The van der Waals surface area contributed by atoms with Gasteiger partial charge in [-0.2, -0.15) is 5.10 Å². The molecular formula is C11H6F2N4S. The summed E-state index contributed by atoms with van der Waals surface area (Å²) in [5.41, 5.74) is 0.560. The Kier molecular flexibility index (Phi) is 2.67. The molecule has 2 aromatic heterocycles. The van der Waals surface area contributed by atoms with Crippen LogP contribution in [-0.4, -0.2) is 20.2 Å². The molecule has 1 aromatic carbocycles. The third-order valence-corrected chi connectivity index (χ3v) is 3.36. The van der Waals surface area contributed by atoms with E-state index in [-0.39, 0.29) is 4.90 Å². The number of hydrogen-bond donors (Lipinski definition) is 1. The van der Waals surface area contributed by atoms with Gasteiger partial charge in [-0.3, -0.25) is 5.10 Å². The van der Waals surface area contributed by atoms with E-state index in [2.05, 4.69) is 20.2 Å². The molecular weight excluding hydrogens is 258 g/mol. The number of hydrogen-bond acceptors (Lipinski definition) is 4. The van der Waals surface area contributed by atoms with Crippen LogP contribution < -0.4 is 0 Å². The van der Waals surface area contributed by atoms with E-state index in [1.807, 2.05) is 0 Å². The highest BCUT2D eigenvalue weighted by Crippen LogP contribution is 2.32. The van der Waals surface area contributed by atoms with Gasteiger partial charge in [0.25, 0.3) is 0 Å². The van der Waals surface area contributed by atoms with Crippen LogP contribution in [0.15, 0.2) is 40.6 Å². The first kappa shape index (κ1) is 11.1. The van der Waals surface area contributed by atoms with Gasteiger partial charge in [0.1, 0.15) is 23.0 Å². The van der Waals surface area contributed by atoms with Crippen molar-refractivity contribution in [1.29, 1.82) is 0 Å². The third kappa shape index (κ3) is 1.92. The number of aromatic amines is 1. The fourth-order valence-corrected chi connectivity index (χ4v) is 2.39. The molecule has 90 valence electrons. The van der Waals surface area contributed by atoms with Crippen molar-refractivity contribution in [2.24, 2.45) is 0 Å². The average Bonchev–Trinajstić information content (AvgIpc) is 2.83. The summed E-state index contributed by atoms with van der Waals surface area (Å²) in [6, 6.07) is 3.30. The molecule has 0 fully saturated rings. The van der Waals surface area contributed by atoms with Crippen molar-refractivity contribution in [3.8, 4) is 0 Å². The van der Waals surface area contributed by atoms with E-state index in [0.717, 1.165) is 30.0 Å². The minimum Gasteiger partial charge on any atom is -0.261 e. The predicted molar refractivity (Wildman–Crippen MR) is 62.2 cm³/mol. The lowest BCUT2D eigenvalue weighted by atomic mass is 10.3. The zero-order valence-electron chi connectivity index (χ0n) is 8.89. The van der Waals surface area contributed by atoms with Gasteiger partial charge in [-0.05, 0) is 18.2 Å². The monoisotopic (exact) mass is 264 g/mol. The van der Waals surface area contributed by atoms with Crippen molar-refractivity contribution in [2.45, 2.75) is 9.92 Å². The Morgan fingerprint density at radius 2 is 2.06 bits per heavy atom. The van der Waals surface area contributed by atoms with E-state index >= 15 is 0 Å². The zero-order chi connectivity index (χ0) is 12.5. The lowest BCUT2D eigenvalue weighted by Crippen LogP contribution is -1.87. The fourth-order valence-electron chi connectivity index (χ4n) is 1.48. The molecule has 0 bridgehead atoms. The van der Waals surface area contributed by atoms with Crippen molar-refractivity contribution < 1.29 is 8.78 Å². The van der Waals surface area contributed by atoms with Gasteiger partial charge in [0.15, 0.2) is 5.65 Å². The molecule has 0 atom stereocenters. The van der Waals surface area contributed by atoms with Gasteiger partial charge >= 0.3 is 0 Å². The van der Waals surface area contributed by atoms with Crippen LogP contribution in [0.3, 0.4) is 0 Å². The maximum Gasteiger partial charge on any atom is 0.159 e. The summed E-state index contributed by atoms with van der Waals surface area (Å²) in [6.07, 6.45) is 2.90. The minimum atomic E-state index is -0.489. The van der Waals surface area contributed by atoms with E-state index in [4.69, 9.17) is 0 Å². The summed E-state index contributed by atoms with van der Waals surface area (Å²) in [7, 11) is 0. The standard InChI is InChI=1S/C11H6F2N4S/c12-6-1-2-8(13)9(3-6)18-11-7-4-16-17-10(7)14-5-15-11/h1-5H,(H,14,15,16,17). The van der Waals surface area contributed by atoms with Crippen LogP contribution in [-0.2, 0) is 0 Å². The van der Waals surface area contributed by atoms with Crippen LogP contribution in [0.4, 0.5) is 8.78 Å². The normalized spacial score (nSPS) is 11.0. The second-order valence-electron chi connectivity index (χ2n) is 3.49. The van der Waals surface area contributed by atoms with Crippen LogP contribution >= 0.6 is 11.8 Å². The Labute approximate surface area is 104 Å². The predicted octanol–water partition coefficient (Wildman–Crippen LogP) is 2.78. The summed E-state index contributed by atoms with van der Waals surface area (Å²) in [5, 5.41) is 7.72. The highest BCUT2D eigenvalue weighted by atomic mass is 32.2. The molecule has 0 aliphatic rings. The van der Waals surface area contributed by atoms with Crippen LogP contribution in [0.25, 0.3) is 11.0 Å². The third-order valence-electron chi connectivity index (χ3n) is 2.31. The first-order chi connectivity index (χ1) is 8.74. The smallest absolute Gasteiger partial charge is 0.159 e. The fraction of sp³-hybridized carbons (Fsp3) is 0. The van der Waals surface area contributed by atoms with Gasteiger partial charge in [0, 0.05) is 0 Å². The van der Waals surface area contributed by atoms with Crippen molar-refractivity contribution in [3.05, 3.63) is 42.4 Å². The Morgan fingerprint density at radius 3 is 2.94 bits per heavy atom. The van der Waals surface area contributed by atoms with Crippen molar-refractivity contribution in [2.75, 3.05) is 0 Å². The van der Waals surface area contributed by atoms with Gasteiger partial charge in [-0.15, -0.1) is 0 Å². The molecule has 2 heterocycles. The molecule has 0 amide bonds. The van der Waals surface area contributed by atoms with E-state index in [0.29, 0.717) is 16.1 Å². The lowest BCUT2D eigenvalue weighted by molar-refractivity contribution is 0.577. The Bertz CT molecular complexity index is 713. The Morgan fingerprint density at radius 1 is 1.17 bits per heavy atom. The minimum absolute atomic E-state index is 0.177. The summed E-state index contributed by atoms with van der Waals surface area (Å²) in [6.45, 7) is 0.